The van der Waals surface area contributed by atoms with Crippen LogP contribution in [0, 0.1) is 11.2 Å². The molecule has 110 valence electrons. The lowest BCUT2D eigenvalue weighted by Crippen LogP contribution is -2.46. The van der Waals surface area contributed by atoms with Gasteiger partial charge in [0.1, 0.15) is 11.6 Å². The second-order valence-corrected chi connectivity index (χ2v) is 5.59. The second-order valence-electron chi connectivity index (χ2n) is 5.59. The first-order valence-electron chi connectivity index (χ1n) is 6.99. The third kappa shape index (κ3) is 2.52. The normalized spacial score (nSPS) is 22.2. The zero-order valence-corrected chi connectivity index (χ0v) is 11.6. The lowest BCUT2D eigenvalue weighted by Gasteiger charge is -2.40. The van der Waals surface area contributed by atoms with Gasteiger partial charge in [-0.3, -0.25) is 0 Å². The molecule has 0 aromatic heterocycles. The summed E-state index contributed by atoms with van der Waals surface area (Å²) in [4.78, 5) is 0. The Kier molecular flexibility index (Phi) is 3.66. The minimum absolute atomic E-state index is 0.292. The van der Waals surface area contributed by atoms with Gasteiger partial charge in [0.05, 0.1) is 18.1 Å². The van der Waals surface area contributed by atoms with Crippen molar-refractivity contribution < 1.29 is 14.2 Å². The van der Waals surface area contributed by atoms with Gasteiger partial charge in [0.25, 0.3) is 0 Å². The van der Waals surface area contributed by atoms with Crippen molar-refractivity contribution in [3.63, 3.8) is 0 Å². The van der Waals surface area contributed by atoms with Crippen LogP contribution in [0.3, 0.4) is 0 Å². The van der Waals surface area contributed by atoms with Crippen molar-refractivity contribution in [3.05, 3.63) is 65.5 Å². The molecule has 0 saturated carbocycles. The summed E-state index contributed by atoms with van der Waals surface area (Å²) < 4.78 is 18.8. The Morgan fingerprint density at radius 2 is 1.90 bits per heavy atom. The molecule has 2 unspecified atom stereocenters. The Hall–Kier alpha value is -1.91. The minimum atomic E-state index is -0.795. The zero-order chi connectivity index (χ0) is 14.9. The van der Waals surface area contributed by atoms with Gasteiger partial charge >= 0.3 is 0 Å². The van der Waals surface area contributed by atoms with Crippen LogP contribution in [0.4, 0.5) is 4.39 Å². The van der Waals surface area contributed by atoms with Crippen molar-refractivity contribution in [1.82, 2.24) is 0 Å². The van der Waals surface area contributed by atoms with Gasteiger partial charge in [0.2, 0.25) is 0 Å². The number of halogens is 1. The van der Waals surface area contributed by atoms with Crippen molar-refractivity contribution >= 4 is 0 Å². The van der Waals surface area contributed by atoms with E-state index in [0.717, 1.165) is 11.3 Å². The monoisotopic (exact) mass is 287 g/mol. The molecular formula is C17H18FNO2. The smallest absolute Gasteiger partial charge is 0.123 e. The topological polar surface area (TPSA) is 55.5 Å². The quantitative estimate of drug-likeness (QED) is 0.911. The average Bonchev–Trinajstić information content (AvgIpc) is 2.54. The maximum Gasteiger partial charge on any atom is 0.123 e. The Bertz CT molecular complexity index is 629. The molecule has 4 heteroatoms. The van der Waals surface area contributed by atoms with Gasteiger partial charge in [-0.05, 0) is 35.7 Å². The number of nitrogens with two attached hydrogens (primary N) is 1. The summed E-state index contributed by atoms with van der Waals surface area (Å²) >= 11 is 0. The molecule has 0 radical (unpaired) electrons. The first-order valence-corrected chi connectivity index (χ1v) is 6.99. The van der Waals surface area contributed by atoms with Crippen LogP contribution < -0.4 is 10.5 Å². The maximum absolute atomic E-state index is 13.0. The molecule has 0 bridgehead atoms. The first-order chi connectivity index (χ1) is 10.1. The van der Waals surface area contributed by atoms with E-state index in [4.69, 9.17) is 10.5 Å². The molecule has 2 atom stereocenters. The molecule has 3 rings (SSSR count). The van der Waals surface area contributed by atoms with Crippen molar-refractivity contribution in [2.45, 2.75) is 12.5 Å². The van der Waals surface area contributed by atoms with Gasteiger partial charge in [0, 0.05) is 6.54 Å². The Morgan fingerprint density at radius 3 is 2.62 bits per heavy atom. The fraction of sp³-hybridized carbons (Fsp3) is 0.294. The van der Waals surface area contributed by atoms with Gasteiger partial charge in [0.15, 0.2) is 0 Å². The number of para-hydroxylation sites is 1. The summed E-state index contributed by atoms with van der Waals surface area (Å²) in [5.41, 5.74) is 7.05. The average molecular weight is 287 g/mol. The van der Waals surface area contributed by atoms with Crippen molar-refractivity contribution in [2.75, 3.05) is 13.2 Å². The van der Waals surface area contributed by atoms with Crippen LogP contribution in [0.2, 0.25) is 0 Å². The summed E-state index contributed by atoms with van der Waals surface area (Å²) in [7, 11) is 0. The summed E-state index contributed by atoms with van der Waals surface area (Å²) in [6, 6.07) is 13.6. The predicted molar refractivity (Wildman–Crippen MR) is 78.5 cm³/mol. The summed E-state index contributed by atoms with van der Waals surface area (Å²) in [6.07, 6.45) is -0.158. The highest BCUT2D eigenvalue weighted by molar-refractivity contribution is 5.37. The number of hydrogen-bond donors (Lipinski definition) is 2. The highest BCUT2D eigenvalue weighted by atomic mass is 19.1. The molecule has 2 aromatic carbocycles. The van der Waals surface area contributed by atoms with E-state index in [9.17, 15) is 9.50 Å². The van der Waals surface area contributed by atoms with Crippen molar-refractivity contribution in [3.8, 4) is 5.75 Å². The summed E-state index contributed by atoms with van der Waals surface area (Å²) in [6.45, 7) is 0.638. The van der Waals surface area contributed by atoms with Crippen LogP contribution in [0.1, 0.15) is 17.2 Å². The van der Waals surface area contributed by atoms with Gasteiger partial charge in [-0.25, -0.2) is 4.39 Å². The largest absolute Gasteiger partial charge is 0.493 e. The van der Waals surface area contributed by atoms with Crippen molar-refractivity contribution in [1.29, 1.82) is 0 Å². The fourth-order valence-corrected chi connectivity index (χ4v) is 2.86. The third-order valence-corrected chi connectivity index (χ3v) is 4.20. The molecule has 21 heavy (non-hydrogen) atoms. The maximum atomic E-state index is 13.0. The van der Waals surface area contributed by atoms with E-state index >= 15 is 0 Å². The molecule has 3 N–H and O–H groups in total. The number of rotatable bonds is 3. The number of ether oxygens (including phenoxy) is 1. The number of aliphatic hydroxyl groups is 1. The molecule has 2 aromatic rings. The SMILES string of the molecule is NCC1(C(O)c2ccc(F)cc2)COc2ccccc2C1. The highest BCUT2D eigenvalue weighted by Gasteiger charge is 2.42. The zero-order valence-electron chi connectivity index (χ0n) is 11.6. The minimum Gasteiger partial charge on any atom is -0.493 e. The second kappa shape index (κ2) is 5.47. The Balaban J connectivity index is 1.93. The molecule has 0 aliphatic carbocycles. The van der Waals surface area contributed by atoms with E-state index in [1.807, 2.05) is 24.3 Å². The van der Waals surface area contributed by atoms with Crippen LogP contribution in [0.5, 0.6) is 5.75 Å². The van der Waals surface area contributed by atoms with Gasteiger partial charge < -0.3 is 15.6 Å². The lowest BCUT2D eigenvalue weighted by atomic mass is 9.73. The fourth-order valence-electron chi connectivity index (χ4n) is 2.86. The molecule has 0 amide bonds. The van der Waals surface area contributed by atoms with Gasteiger partial charge in [-0.1, -0.05) is 30.3 Å². The number of aliphatic hydroxyl groups excluding tert-OH is 1. The van der Waals surface area contributed by atoms with Crippen LogP contribution in [0.25, 0.3) is 0 Å². The van der Waals surface area contributed by atoms with Crippen LogP contribution in [0.15, 0.2) is 48.5 Å². The van der Waals surface area contributed by atoms with Crippen LogP contribution in [-0.4, -0.2) is 18.3 Å². The van der Waals surface area contributed by atoms with E-state index in [2.05, 4.69) is 0 Å². The molecule has 0 fully saturated rings. The van der Waals surface area contributed by atoms with Gasteiger partial charge in [-0.2, -0.15) is 0 Å². The Labute approximate surface area is 123 Å². The number of hydrogen-bond acceptors (Lipinski definition) is 3. The van der Waals surface area contributed by atoms with E-state index in [-0.39, 0.29) is 5.82 Å². The summed E-state index contributed by atoms with van der Waals surface area (Å²) in [5, 5.41) is 10.7. The highest BCUT2D eigenvalue weighted by Crippen LogP contribution is 2.42. The van der Waals surface area contributed by atoms with Gasteiger partial charge in [-0.15, -0.1) is 0 Å². The molecule has 0 spiro atoms. The lowest BCUT2D eigenvalue weighted by molar-refractivity contribution is -0.0161. The standard InChI is InChI=1S/C17H18FNO2/c18-14-7-5-12(6-8-14)16(20)17(10-19)9-13-3-1-2-4-15(13)21-11-17/h1-8,16,20H,9-11,19H2. The third-order valence-electron chi connectivity index (χ3n) is 4.20. The molecule has 3 nitrogen and oxygen atoms in total. The van der Waals surface area contributed by atoms with Crippen LogP contribution in [-0.2, 0) is 6.42 Å². The molecule has 1 heterocycles. The van der Waals surface area contributed by atoms with Crippen molar-refractivity contribution in [2.24, 2.45) is 11.1 Å². The molecule has 1 aliphatic heterocycles. The first kappa shape index (κ1) is 14.0. The van der Waals surface area contributed by atoms with E-state index in [1.54, 1.807) is 12.1 Å². The van der Waals surface area contributed by atoms with E-state index < -0.39 is 11.5 Å². The number of fused-ring (bicyclic) bond motifs is 1. The van der Waals surface area contributed by atoms with E-state index in [1.165, 1.54) is 12.1 Å². The molecular weight excluding hydrogens is 269 g/mol. The molecule has 1 aliphatic rings. The summed E-state index contributed by atoms with van der Waals surface area (Å²) in [5.74, 6) is 0.519. The number of benzene rings is 2. The molecule has 0 saturated heterocycles. The predicted octanol–water partition coefficient (Wildman–Crippen LogP) is 2.44. The van der Waals surface area contributed by atoms with E-state index in [0.29, 0.717) is 25.1 Å². The van der Waals surface area contributed by atoms with Crippen LogP contribution >= 0.6 is 0 Å². The Morgan fingerprint density at radius 1 is 1.19 bits per heavy atom.